The van der Waals surface area contributed by atoms with E-state index in [1.54, 1.807) is 4.31 Å². The third kappa shape index (κ3) is 4.56. The predicted octanol–water partition coefficient (Wildman–Crippen LogP) is 0.742. The highest BCUT2D eigenvalue weighted by molar-refractivity contribution is 7.89. The summed E-state index contributed by atoms with van der Waals surface area (Å²) in [5, 5.41) is 0. The molecule has 112 valence electrons. The molecule has 2 rings (SSSR count). The van der Waals surface area contributed by atoms with E-state index in [1.165, 1.54) is 0 Å². The summed E-state index contributed by atoms with van der Waals surface area (Å²) in [6.07, 6.45) is 2.61. The number of ether oxygens (including phenoxy) is 1. The lowest BCUT2D eigenvalue weighted by molar-refractivity contribution is 0.126. The van der Waals surface area contributed by atoms with Gasteiger partial charge >= 0.3 is 0 Å². The fourth-order valence-corrected chi connectivity index (χ4v) is 4.63. The SMILES string of the molecule is O=S(=O)(CC1CCCO1)N1CCCN(CCCl)CC1. The van der Waals surface area contributed by atoms with Crippen molar-refractivity contribution in [2.45, 2.75) is 25.4 Å². The summed E-state index contributed by atoms with van der Waals surface area (Å²) >= 11 is 5.74. The third-order valence-electron chi connectivity index (χ3n) is 3.76. The summed E-state index contributed by atoms with van der Waals surface area (Å²) in [4.78, 5) is 2.23. The minimum Gasteiger partial charge on any atom is -0.377 e. The van der Waals surface area contributed by atoms with Gasteiger partial charge in [0, 0.05) is 38.7 Å². The molecule has 0 bridgehead atoms. The van der Waals surface area contributed by atoms with Crippen molar-refractivity contribution in [3.8, 4) is 0 Å². The molecule has 2 heterocycles. The van der Waals surface area contributed by atoms with E-state index in [0.29, 0.717) is 25.6 Å². The largest absolute Gasteiger partial charge is 0.377 e. The summed E-state index contributed by atoms with van der Waals surface area (Å²) < 4.78 is 31.8. The molecule has 5 nitrogen and oxygen atoms in total. The number of hydrogen-bond donors (Lipinski definition) is 0. The fraction of sp³-hybridized carbons (Fsp3) is 1.00. The molecule has 1 atom stereocenters. The van der Waals surface area contributed by atoms with Crippen molar-refractivity contribution in [1.82, 2.24) is 9.21 Å². The maximum atomic E-state index is 12.4. The number of nitrogens with zero attached hydrogens (tertiary/aromatic N) is 2. The van der Waals surface area contributed by atoms with Crippen LogP contribution in [0.5, 0.6) is 0 Å². The van der Waals surface area contributed by atoms with Gasteiger partial charge in [0.2, 0.25) is 10.0 Å². The van der Waals surface area contributed by atoms with Crippen molar-refractivity contribution in [2.24, 2.45) is 0 Å². The highest BCUT2D eigenvalue weighted by atomic mass is 35.5. The number of halogens is 1. The van der Waals surface area contributed by atoms with Crippen LogP contribution >= 0.6 is 11.6 Å². The van der Waals surface area contributed by atoms with Crippen molar-refractivity contribution in [1.29, 1.82) is 0 Å². The number of sulfonamides is 1. The van der Waals surface area contributed by atoms with Crippen molar-refractivity contribution in [3.05, 3.63) is 0 Å². The van der Waals surface area contributed by atoms with Crippen LogP contribution in [0.4, 0.5) is 0 Å². The van der Waals surface area contributed by atoms with Gasteiger partial charge < -0.3 is 9.64 Å². The number of alkyl halides is 1. The molecular weight excluding hydrogens is 288 g/mol. The van der Waals surface area contributed by atoms with Crippen LogP contribution < -0.4 is 0 Å². The first-order valence-corrected chi connectivity index (χ1v) is 9.14. The Balaban J connectivity index is 1.88. The lowest BCUT2D eigenvalue weighted by atomic mass is 10.3. The smallest absolute Gasteiger partial charge is 0.216 e. The Morgan fingerprint density at radius 2 is 2.00 bits per heavy atom. The highest BCUT2D eigenvalue weighted by Gasteiger charge is 2.29. The van der Waals surface area contributed by atoms with Crippen molar-refractivity contribution >= 4 is 21.6 Å². The predicted molar refractivity (Wildman–Crippen MR) is 76.1 cm³/mol. The first-order valence-electron chi connectivity index (χ1n) is 6.99. The van der Waals surface area contributed by atoms with E-state index in [9.17, 15) is 8.42 Å². The van der Waals surface area contributed by atoms with E-state index in [0.717, 1.165) is 38.9 Å². The molecule has 2 fully saturated rings. The molecule has 7 heteroatoms. The molecule has 2 saturated heterocycles. The monoisotopic (exact) mass is 310 g/mol. The number of rotatable bonds is 5. The van der Waals surface area contributed by atoms with Gasteiger partial charge in [0.1, 0.15) is 0 Å². The lowest BCUT2D eigenvalue weighted by Crippen LogP contribution is -2.39. The van der Waals surface area contributed by atoms with E-state index >= 15 is 0 Å². The van der Waals surface area contributed by atoms with Crippen LogP contribution in [0.2, 0.25) is 0 Å². The van der Waals surface area contributed by atoms with E-state index < -0.39 is 10.0 Å². The van der Waals surface area contributed by atoms with Gasteiger partial charge in [-0.15, -0.1) is 11.6 Å². The molecule has 2 aliphatic rings. The average molecular weight is 311 g/mol. The molecule has 0 amide bonds. The Kier molecular flexibility index (Phi) is 5.89. The molecule has 0 N–H and O–H groups in total. The fourth-order valence-electron chi connectivity index (χ4n) is 2.68. The standard InChI is InChI=1S/C12H23ClN2O3S/c13-4-7-14-5-2-6-15(9-8-14)19(16,17)11-12-3-1-10-18-12/h12H,1-11H2. The average Bonchev–Trinajstić information content (AvgIpc) is 2.73. The zero-order valence-corrected chi connectivity index (χ0v) is 12.8. The zero-order chi connectivity index (χ0) is 13.7. The molecule has 1 unspecified atom stereocenters. The molecule has 0 radical (unpaired) electrons. The Labute approximate surface area is 120 Å². The van der Waals surface area contributed by atoms with Gasteiger partial charge in [-0.3, -0.25) is 0 Å². The van der Waals surface area contributed by atoms with E-state index in [4.69, 9.17) is 16.3 Å². The summed E-state index contributed by atoms with van der Waals surface area (Å²) in [5.41, 5.74) is 0. The molecular formula is C12H23ClN2O3S. The Morgan fingerprint density at radius 1 is 1.16 bits per heavy atom. The van der Waals surface area contributed by atoms with Gasteiger partial charge in [-0.25, -0.2) is 12.7 Å². The molecule has 0 aromatic carbocycles. The Bertz CT molecular complexity index is 371. The van der Waals surface area contributed by atoms with Gasteiger partial charge in [0.15, 0.2) is 0 Å². The molecule has 0 spiro atoms. The first kappa shape index (κ1) is 15.5. The summed E-state index contributed by atoms with van der Waals surface area (Å²) in [5.74, 6) is 0.741. The minimum absolute atomic E-state index is 0.104. The van der Waals surface area contributed by atoms with E-state index in [1.807, 2.05) is 0 Å². The van der Waals surface area contributed by atoms with Crippen LogP contribution in [0.1, 0.15) is 19.3 Å². The quantitative estimate of drug-likeness (QED) is 0.703. The molecule has 0 saturated carbocycles. The second kappa shape index (κ2) is 7.22. The highest BCUT2D eigenvalue weighted by Crippen LogP contribution is 2.17. The van der Waals surface area contributed by atoms with E-state index in [-0.39, 0.29) is 11.9 Å². The minimum atomic E-state index is -3.18. The summed E-state index contributed by atoms with van der Waals surface area (Å²) in [6.45, 7) is 4.43. The van der Waals surface area contributed by atoms with Crippen LogP contribution in [0.15, 0.2) is 0 Å². The van der Waals surface area contributed by atoms with Crippen LogP contribution in [0.3, 0.4) is 0 Å². The van der Waals surface area contributed by atoms with Gasteiger partial charge in [-0.05, 0) is 25.8 Å². The van der Waals surface area contributed by atoms with Crippen LogP contribution in [0.25, 0.3) is 0 Å². The zero-order valence-electron chi connectivity index (χ0n) is 11.3. The molecule has 19 heavy (non-hydrogen) atoms. The molecule has 0 aromatic rings. The molecule has 2 aliphatic heterocycles. The summed E-state index contributed by atoms with van der Waals surface area (Å²) in [6, 6.07) is 0. The van der Waals surface area contributed by atoms with E-state index in [2.05, 4.69) is 4.90 Å². The molecule has 0 aliphatic carbocycles. The summed E-state index contributed by atoms with van der Waals surface area (Å²) in [7, 11) is -3.18. The Hall–Kier alpha value is 0.120. The maximum Gasteiger partial charge on any atom is 0.216 e. The van der Waals surface area contributed by atoms with Crippen molar-refractivity contribution in [3.63, 3.8) is 0 Å². The van der Waals surface area contributed by atoms with Crippen LogP contribution in [-0.4, -0.2) is 74.7 Å². The molecule has 0 aromatic heterocycles. The van der Waals surface area contributed by atoms with Gasteiger partial charge in [-0.1, -0.05) is 0 Å². The normalized spacial score (nSPS) is 27.5. The van der Waals surface area contributed by atoms with Crippen molar-refractivity contribution < 1.29 is 13.2 Å². The number of hydrogen-bond acceptors (Lipinski definition) is 4. The van der Waals surface area contributed by atoms with Crippen LogP contribution in [0, 0.1) is 0 Å². The first-order chi connectivity index (χ1) is 9.12. The topological polar surface area (TPSA) is 49.9 Å². The Morgan fingerprint density at radius 3 is 2.68 bits per heavy atom. The van der Waals surface area contributed by atoms with Crippen molar-refractivity contribution in [2.75, 3.05) is 51.0 Å². The van der Waals surface area contributed by atoms with Gasteiger partial charge in [0.25, 0.3) is 0 Å². The second-order valence-electron chi connectivity index (χ2n) is 5.20. The van der Waals surface area contributed by atoms with Gasteiger partial charge in [0.05, 0.1) is 11.9 Å². The lowest BCUT2D eigenvalue weighted by Gasteiger charge is -2.22. The third-order valence-corrected chi connectivity index (χ3v) is 5.88. The van der Waals surface area contributed by atoms with Crippen LogP contribution in [-0.2, 0) is 14.8 Å². The maximum absolute atomic E-state index is 12.4. The van der Waals surface area contributed by atoms with Gasteiger partial charge in [-0.2, -0.15) is 0 Å². The second-order valence-corrected chi connectivity index (χ2v) is 7.59.